The third-order valence-electron chi connectivity index (χ3n) is 1.19. The number of allylic oxidation sites excluding steroid dienone is 2. The first kappa shape index (κ1) is 10.1. The molecule has 2 N–H and O–H groups in total. The molecule has 4 heteroatoms. The second-order valence-electron chi connectivity index (χ2n) is 2.63. The third kappa shape index (κ3) is 4.50. The van der Waals surface area contributed by atoms with E-state index < -0.39 is 0 Å². The van der Waals surface area contributed by atoms with Crippen LogP contribution in [0.5, 0.6) is 0 Å². The monoisotopic (exact) mass is 156 g/mol. The Morgan fingerprint density at radius 3 is 2.36 bits per heavy atom. The molecular weight excluding hydrogens is 140 g/mol. The van der Waals surface area contributed by atoms with Crippen LogP contribution >= 0.6 is 0 Å². The van der Waals surface area contributed by atoms with E-state index in [-0.39, 0.29) is 0 Å². The average molecular weight is 156 g/mol. The van der Waals surface area contributed by atoms with Crippen LogP contribution in [0.2, 0.25) is 0 Å². The van der Waals surface area contributed by atoms with Gasteiger partial charge in [-0.25, -0.2) is 11.0 Å². The lowest BCUT2D eigenvalue weighted by Crippen LogP contribution is -2.18. The van der Waals surface area contributed by atoms with Gasteiger partial charge in [0.2, 0.25) is 0 Å². The lowest BCUT2D eigenvalue weighted by Gasteiger charge is -2.05. The standard InChI is InChI=1S/C7H16N4/c1-5-7(6(2)3)9-10-11(4)8/h5-6H,8H2,1-4H3/b7-5-,10-9-. The Bertz CT molecular complexity index is 158. The molecule has 64 valence electrons. The Morgan fingerprint density at radius 2 is 2.09 bits per heavy atom. The third-order valence-corrected chi connectivity index (χ3v) is 1.19. The van der Waals surface area contributed by atoms with Crippen molar-refractivity contribution in [1.82, 2.24) is 5.12 Å². The van der Waals surface area contributed by atoms with E-state index in [2.05, 4.69) is 24.2 Å². The zero-order chi connectivity index (χ0) is 8.85. The number of hydrogen-bond donors (Lipinski definition) is 1. The Kier molecular flexibility index (Phi) is 4.45. The van der Waals surface area contributed by atoms with Gasteiger partial charge in [0, 0.05) is 7.05 Å². The molecule has 0 spiro atoms. The molecule has 0 fully saturated rings. The number of rotatable bonds is 3. The lowest BCUT2D eigenvalue weighted by atomic mass is 10.1. The van der Waals surface area contributed by atoms with Crippen LogP contribution in [0.15, 0.2) is 22.1 Å². The molecule has 0 rings (SSSR count). The zero-order valence-corrected chi connectivity index (χ0v) is 7.57. The smallest absolute Gasteiger partial charge is 0.0631 e. The van der Waals surface area contributed by atoms with Crippen LogP contribution in [0.1, 0.15) is 20.8 Å². The van der Waals surface area contributed by atoms with E-state index in [1.165, 1.54) is 5.12 Å². The van der Waals surface area contributed by atoms with E-state index in [9.17, 15) is 0 Å². The van der Waals surface area contributed by atoms with E-state index in [0.29, 0.717) is 5.92 Å². The van der Waals surface area contributed by atoms with E-state index in [4.69, 9.17) is 5.84 Å². The molecule has 0 unspecified atom stereocenters. The summed E-state index contributed by atoms with van der Waals surface area (Å²) in [5, 5.41) is 8.80. The number of nitrogens with two attached hydrogens (primary N) is 1. The fourth-order valence-corrected chi connectivity index (χ4v) is 0.629. The maximum Gasteiger partial charge on any atom is 0.0631 e. The summed E-state index contributed by atoms with van der Waals surface area (Å²) in [5.41, 5.74) is 0.947. The van der Waals surface area contributed by atoms with Gasteiger partial charge in [0.15, 0.2) is 0 Å². The summed E-state index contributed by atoms with van der Waals surface area (Å²) >= 11 is 0. The van der Waals surface area contributed by atoms with E-state index in [1.807, 2.05) is 13.0 Å². The molecule has 0 aromatic rings. The number of hydrogen-bond acceptors (Lipinski definition) is 3. The van der Waals surface area contributed by atoms with Gasteiger partial charge in [-0.15, -0.1) is 5.11 Å². The highest BCUT2D eigenvalue weighted by Crippen LogP contribution is 2.10. The molecule has 0 aliphatic heterocycles. The van der Waals surface area contributed by atoms with Gasteiger partial charge < -0.3 is 0 Å². The van der Waals surface area contributed by atoms with Crippen LogP contribution < -0.4 is 5.84 Å². The van der Waals surface area contributed by atoms with Crippen LogP contribution in [-0.4, -0.2) is 12.2 Å². The summed E-state index contributed by atoms with van der Waals surface area (Å²) in [6.45, 7) is 6.06. The molecule has 11 heavy (non-hydrogen) atoms. The van der Waals surface area contributed by atoms with Gasteiger partial charge in [0.25, 0.3) is 0 Å². The summed E-state index contributed by atoms with van der Waals surface area (Å²) in [6, 6.07) is 0. The Hall–Kier alpha value is -0.900. The van der Waals surface area contributed by atoms with Crippen LogP contribution in [0.3, 0.4) is 0 Å². The van der Waals surface area contributed by atoms with Gasteiger partial charge in [0.1, 0.15) is 0 Å². The van der Waals surface area contributed by atoms with E-state index >= 15 is 0 Å². The highest BCUT2D eigenvalue weighted by molar-refractivity contribution is 4.99. The Morgan fingerprint density at radius 1 is 1.55 bits per heavy atom. The van der Waals surface area contributed by atoms with Gasteiger partial charge in [-0.3, -0.25) is 0 Å². The van der Waals surface area contributed by atoms with Crippen molar-refractivity contribution in [3.8, 4) is 0 Å². The molecule has 0 atom stereocenters. The normalized spacial score (nSPS) is 13.1. The topological polar surface area (TPSA) is 54.0 Å². The molecule has 0 aliphatic rings. The van der Waals surface area contributed by atoms with Gasteiger partial charge in [-0.05, 0) is 12.8 Å². The van der Waals surface area contributed by atoms with Crippen LogP contribution in [-0.2, 0) is 0 Å². The molecule has 0 aromatic heterocycles. The van der Waals surface area contributed by atoms with Crippen molar-refractivity contribution in [2.75, 3.05) is 7.05 Å². The second kappa shape index (κ2) is 4.85. The summed E-state index contributed by atoms with van der Waals surface area (Å²) in [5.74, 6) is 5.63. The van der Waals surface area contributed by atoms with Crippen molar-refractivity contribution in [3.63, 3.8) is 0 Å². The first-order chi connectivity index (χ1) is 5.07. The van der Waals surface area contributed by atoms with Crippen molar-refractivity contribution in [3.05, 3.63) is 11.8 Å². The fourth-order valence-electron chi connectivity index (χ4n) is 0.629. The van der Waals surface area contributed by atoms with E-state index in [0.717, 1.165) is 5.70 Å². The summed E-state index contributed by atoms with van der Waals surface area (Å²) in [7, 11) is 1.64. The maximum atomic E-state index is 5.24. The SMILES string of the molecule is C/C=C(\N=N/N(C)N)C(C)C. The van der Waals surface area contributed by atoms with Gasteiger partial charge >= 0.3 is 0 Å². The van der Waals surface area contributed by atoms with Gasteiger partial charge in [0.05, 0.1) is 5.70 Å². The Labute approximate surface area is 67.7 Å². The maximum absolute atomic E-state index is 5.24. The fraction of sp³-hybridized carbons (Fsp3) is 0.714. The Balaban J connectivity index is 4.10. The number of hydrazine groups is 1. The second-order valence-corrected chi connectivity index (χ2v) is 2.63. The van der Waals surface area contributed by atoms with Crippen molar-refractivity contribution in [2.45, 2.75) is 20.8 Å². The first-order valence-corrected chi connectivity index (χ1v) is 3.64. The van der Waals surface area contributed by atoms with Crippen molar-refractivity contribution in [2.24, 2.45) is 22.1 Å². The van der Waals surface area contributed by atoms with Crippen LogP contribution in [0.4, 0.5) is 0 Å². The quantitative estimate of drug-likeness (QED) is 0.384. The van der Waals surface area contributed by atoms with E-state index in [1.54, 1.807) is 7.05 Å². The van der Waals surface area contributed by atoms with Gasteiger partial charge in [-0.2, -0.15) is 0 Å². The van der Waals surface area contributed by atoms with Crippen LogP contribution in [0, 0.1) is 5.92 Å². The highest BCUT2D eigenvalue weighted by Gasteiger charge is 1.98. The minimum Gasteiger partial charge on any atom is -0.230 e. The molecule has 0 bridgehead atoms. The minimum atomic E-state index is 0.392. The zero-order valence-electron chi connectivity index (χ0n) is 7.57. The minimum absolute atomic E-state index is 0.392. The molecule has 0 aromatic carbocycles. The summed E-state index contributed by atoms with van der Waals surface area (Å²) < 4.78 is 0. The highest BCUT2D eigenvalue weighted by atomic mass is 15.7. The summed E-state index contributed by atoms with van der Waals surface area (Å²) in [6.07, 6.45) is 1.93. The average Bonchev–Trinajstić information content (AvgIpc) is 1.87. The molecule has 0 saturated heterocycles. The predicted octanol–water partition coefficient (Wildman–Crippen LogP) is 1.72. The summed E-state index contributed by atoms with van der Waals surface area (Å²) in [4.78, 5) is 0. The van der Waals surface area contributed by atoms with Crippen molar-refractivity contribution < 1.29 is 0 Å². The first-order valence-electron chi connectivity index (χ1n) is 3.64. The van der Waals surface area contributed by atoms with Gasteiger partial charge in [-0.1, -0.05) is 25.1 Å². The molecular formula is C7H16N4. The predicted molar refractivity (Wildman–Crippen MR) is 45.4 cm³/mol. The largest absolute Gasteiger partial charge is 0.230 e. The molecule has 0 heterocycles. The van der Waals surface area contributed by atoms with Crippen molar-refractivity contribution in [1.29, 1.82) is 0 Å². The lowest BCUT2D eigenvalue weighted by molar-refractivity contribution is 0.342. The van der Waals surface area contributed by atoms with Crippen LogP contribution in [0.25, 0.3) is 0 Å². The van der Waals surface area contributed by atoms with Crippen molar-refractivity contribution >= 4 is 0 Å². The molecule has 0 saturated carbocycles. The molecule has 0 radical (unpaired) electrons. The molecule has 0 aliphatic carbocycles. The number of nitrogens with zero attached hydrogens (tertiary/aromatic N) is 3. The molecule has 0 amide bonds. The molecule has 4 nitrogen and oxygen atoms in total.